The van der Waals surface area contributed by atoms with Crippen molar-refractivity contribution in [1.82, 2.24) is 4.90 Å². The molecule has 1 saturated heterocycles. The van der Waals surface area contributed by atoms with Gasteiger partial charge in [0.1, 0.15) is 0 Å². The van der Waals surface area contributed by atoms with Crippen molar-refractivity contribution in [3.63, 3.8) is 0 Å². The maximum Gasteiger partial charge on any atom is 0.303 e. The number of halogens is 1. The largest absolute Gasteiger partial charge is 0.481 e. The van der Waals surface area contributed by atoms with Crippen LogP contribution in [0.4, 0.5) is 0 Å². The molecule has 0 radical (unpaired) electrons. The highest BCUT2D eigenvalue weighted by Crippen LogP contribution is 2.23. The molecule has 2 rings (SSSR count). The number of rotatable bonds is 4. The van der Waals surface area contributed by atoms with Crippen molar-refractivity contribution < 1.29 is 14.7 Å². The number of aliphatic carboxylic acids is 1. The van der Waals surface area contributed by atoms with Crippen molar-refractivity contribution in [2.45, 2.75) is 12.8 Å². The number of carboxylic acid groups (broad SMARTS) is 1. The average molecular weight is 300 g/mol. The Morgan fingerprint density at radius 1 is 1.53 bits per heavy atom. The first-order valence-electron chi connectivity index (χ1n) is 5.98. The third-order valence-electron chi connectivity index (χ3n) is 3.04. The average Bonchev–Trinajstić information content (AvgIpc) is 2.95. The topological polar surface area (TPSA) is 57.6 Å². The lowest BCUT2D eigenvalue weighted by molar-refractivity contribution is -0.138. The molecule has 0 bridgehead atoms. The van der Waals surface area contributed by atoms with Crippen LogP contribution >= 0.6 is 22.9 Å². The van der Waals surface area contributed by atoms with Crippen LogP contribution in [0.1, 0.15) is 17.7 Å². The minimum absolute atomic E-state index is 0.0718. The normalized spacial score (nSPS) is 19.2. The van der Waals surface area contributed by atoms with Crippen molar-refractivity contribution >= 4 is 40.9 Å². The van der Waals surface area contributed by atoms with Crippen LogP contribution in [0, 0.1) is 5.92 Å². The Labute approximate surface area is 120 Å². The number of thiophene rings is 1. The summed E-state index contributed by atoms with van der Waals surface area (Å²) in [7, 11) is 0. The quantitative estimate of drug-likeness (QED) is 0.870. The number of hydrogen-bond acceptors (Lipinski definition) is 3. The van der Waals surface area contributed by atoms with Gasteiger partial charge in [-0.1, -0.05) is 11.6 Å². The van der Waals surface area contributed by atoms with E-state index in [1.54, 1.807) is 17.0 Å². The summed E-state index contributed by atoms with van der Waals surface area (Å²) in [5.74, 6) is -0.800. The zero-order valence-electron chi connectivity index (χ0n) is 10.2. The molecule has 1 aromatic heterocycles. The van der Waals surface area contributed by atoms with Gasteiger partial charge in [0.15, 0.2) is 0 Å². The van der Waals surface area contributed by atoms with Crippen LogP contribution in [0.5, 0.6) is 0 Å². The number of nitrogens with zero attached hydrogens (tertiary/aromatic N) is 1. The fraction of sp³-hybridized carbons (Fsp3) is 0.385. The van der Waals surface area contributed by atoms with E-state index in [0.29, 0.717) is 17.4 Å². The molecule has 6 heteroatoms. The minimum Gasteiger partial charge on any atom is -0.481 e. The molecule has 0 spiro atoms. The highest BCUT2D eigenvalue weighted by atomic mass is 35.5. The molecule has 1 unspecified atom stereocenters. The van der Waals surface area contributed by atoms with Crippen LogP contribution in [-0.2, 0) is 9.59 Å². The Morgan fingerprint density at radius 2 is 2.32 bits per heavy atom. The van der Waals surface area contributed by atoms with Gasteiger partial charge in [-0.05, 0) is 30.5 Å². The lowest BCUT2D eigenvalue weighted by atomic mass is 10.1. The van der Waals surface area contributed by atoms with E-state index in [1.165, 1.54) is 17.4 Å². The number of carbonyl (C=O) groups is 2. The van der Waals surface area contributed by atoms with E-state index in [2.05, 4.69) is 0 Å². The third-order valence-corrected chi connectivity index (χ3v) is 4.24. The molecule has 0 saturated carbocycles. The Balaban J connectivity index is 1.87. The van der Waals surface area contributed by atoms with Crippen LogP contribution < -0.4 is 0 Å². The maximum absolute atomic E-state index is 11.9. The lowest BCUT2D eigenvalue weighted by Crippen LogP contribution is -2.27. The molecular formula is C13H14ClNO3S. The summed E-state index contributed by atoms with van der Waals surface area (Å²) in [6.07, 6.45) is 4.15. The van der Waals surface area contributed by atoms with Gasteiger partial charge in [-0.25, -0.2) is 0 Å². The van der Waals surface area contributed by atoms with Crippen molar-refractivity contribution in [2.24, 2.45) is 5.92 Å². The smallest absolute Gasteiger partial charge is 0.303 e. The molecule has 0 aliphatic carbocycles. The summed E-state index contributed by atoms with van der Waals surface area (Å²) in [5, 5.41) is 8.72. The molecule has 2 heterocycles. The van der Waals surface area contributed by atoms with Crippen molar-refractivity contribution in [3.8, 4) is 0 Å². The molecule has 0 aromatic carbocycles. The Morgan fingerprint density at radius 3 is 2.95 bits per heavy atom. The SMILES string of the molecule is O=C(O)CC1CCN(C(=O)C=Cc2ccc(Cl)s2)C1. The summed E-state index contributed by atoms with van der Waals surface area (Å²) in [6, 6.07) is 3.64. The van der Waals surface area contributed by atoms with Gasteiger partial charge in [0.05, 0.1) is 4.34 Å². The van der Waals surface area contributed by atoms with E-state index in [9.17, 15) is 9.59 Å². The molecule has 1 atom stereocenters. The first-order valence-corrected chi connectivity index (χ1v) is 7.18. The molecule has 19 heavy (non-hydrogen) atoms. The van der Waals surface area contributed by atoms with E-state index >= 15 is 0 Å². The molecule has 1 amide bonds. The van der Waals surface area contributed by atoms with Crippen LogP contribution in [-0.4, -0.2) is 35.0 Å². The number of hydrogen-bond donors (Lipinski definition) is 1. The minimum atomic E-state index is -0.803. The summed E-state index contributed by atoms with van der Waals surface area (Å²) < 4.78 is 0.690. The van der Waals surface area contributed by atoms with Crippen molar-refractivity contribution in [1.29, 1.82) is 0 Å². The van der Waals surface area contributed by atoms with Gasteiger partial charge in [0.2, 0.25) is 5.91 Å². The third kappa shape index (κ3) is 4.08. The summed E-state index contributed by atoms with van der Waals surface area (Å²) in [6.45, 7) is 1.16. The van der Waals surface area contributed by atoms with Crippen molar-refractivity contribution in [3.05, 3.63) is 27.4 Å². The Hall–Kier alpha value is -1.33. The van der Waals surface area contributed by atoms with Gasteiger partial charge in [-0.15, -0.1) is 11.3 Å². The maximum atomic E-state index is 11.9. The molecule has 1 N–H and O–H groups in total. The first-order chi connectivity index (χ1) is 9.04. The van der Waals surface area contributed by atoms with Gasteiger partial charge < -0.3 is 10.0 Å². The Bertz CT molecular complexity index is 512. The molecule has 1 aliphatic heterocycles. The van der Waals surface area contributed by atoms with Crippen LogP contribution in [0.25, 0.3) is 6.08 Å². The number of likely N-dealkylation sites (tertiary alicyclic amines) is 1. The van der Waals surface area contributed by atoms with Gasteiger partial charge >= 0.3 is 5.97 Å². The fourth-order valence-electron chi connectivity index (χ4n) is 2.12. The first kappa shape index (κ1) is 14.1. The van der Waals surface area contributed by atoms with Gasteiger partial charge in [0, 0.05) is 30.5 Å². The van der Waals surface area contributed by atoms with Crippen LogP contribution in [0.3, 0.4) is 0 Å². The predicted molar refractivity (Wildman–Crippen MR) is 75.3 cm³/mol. The number of amides is 1. The molecule has 4 nitrogen and oxygen atoms in total. The second kappa shape index (κ2) is 6.21. The summed E-state index contributed by atoms with van der Waals surface area (Å²) in [4.78, 5) is 25.2. The molecule has 1 aliphatic rings. The standard InChI is InChI=1S/C13H14ClNO3S/c14-11-3-1-10(19-11)2-4-12(16)15-6-5-9(8-15)7-13(17)18/h1-4,9H,5-8H2,(H,17,18). The van der Waals surface area contributed by atoms with E-state index in [4.69, 9.17) is 16.7 Å². The number of carbonyl (C=O) groups excluding carboxylic acids is 1. The predicted octanol–water partition coefficient (Wildman–Crippen LogP) is 2.74. The zero-order chi connectivity index (χ0) is 13.8. The van der Waals surface area contributed by atoms with Crippen LogP contribution in [0.15, 0.2) is 18.2 Å². The lowest BCUT2D eigenvalue weighted by Gasteiger charge is -2.13. The van der Waals surface area contributed by atoms with Crippen LogP contribution in [0.2, 0.25) is 4.34 Å². The summed E-state index contributed by atoms with van der Waals surface area (Å²) >= 11 is 7.22. The van der Waals surface area contributed by atoms with Gasteiger partial charge in [0.25, 0.3) is 0 Å². The van der Waals surface area contributed by atoms with E-state index in [1.807, 2.05) is 6.07 Å². The molecule has 102 valence electrons. The summed E-state index contributed by atoms with van der Waals surface area (Å²) in [5.41, 5.74) is 0. The van der Waals surface area contributed by atoms with Gasteiger partial charge in [-0.2, -0.15) is 0 Å². The van der Waals surface area contributed by atoms with E-state index < -0.39 is 5.97 Å². The van der Waals surface area contributed by atoms with Crippen molar-refractivity contribution in [2.75, 3.05) is 13.1 Å². The molecule has 1 fully saturated rings. The molecule has 1 aromatic rings. The monoisotopic (exact) mass is 299 g/mol. The second-order valence-corrected chi connectivity index (χ2v) is 6.26. The number of carboxylic acids is 1. The zero-order valence-corrected chi connectivity index (χ0v) is 11.8. The Kier molecular flexibility index (Phi) is 4.61. The van der Waals surface area contributed by atoms with E-state index in [-0.39, 0.29) is 18.2 Å². The fourth-order valence-corrected chi connectivity index (χ4v) is 3.09. The highest BCUT2D eigenvalue weighted by Gasteiger charge is 2.26. The van der Waals surface area contributed by atoms with Gasteiger partial charge in [-0.3, -0.25) is 9.59 Å². The highest BCUT2D eigenvalue weighted by molar-refractivity contribution is 7.17. The second-order valence-electron chi connectivity index (χ2n) is 4.51. The van der Waals surface area contributed by atoms with E-state index in [0.717, 1.165) is 11.3 Å². The molecular weight excluding hydrogens is 286 g/mol.